The first-order valence-electron chi connectivity index (χ1n) is 17.3. The molecule has 54 heavy (non-hydrogen) atoms. The molecule has 16 heteroatoms. The van der Waals surface area contributed by atoms with Gasteiger partial charge in [-0.1, -0.05) is 18.2 Å². The van der Waals surface area contributed by atoms with Gasteiger partial charge in [0.2, 0.25) is 27.5 Å². The van der Waals surface area contributed by atoms with Gasteiger partial charge in [0.15, 0.2) is 0 Å². The first kappa shape index (κ1) is 39.3. The third kappa shape index (κ3) is 8.46. The van der Waals surface area contributed by atoms with E-state index in [0.717, 1.165) is 51.6 Å². The molecule has 2 saturated heterocycles. The van der Waals surface area contributed by atoms with Crippen LogP contribution >= 0.6 is 31.9 Å². The summed E-state index contributed by atoms with van der Waals surface area (Å²) < 4.78 is 39.3. The van der Waals surface area contributed by atoms with Crippen LogP contribution in [-0.2, 0) is 14.8 Å². The maximum Gasteiger partial charge on any atom is 0.371 e. The van der Waals surface area contributed by atoms with Crippen LogP contribution in [0.25, 0.3) is 21.9 Å². The van der Waals surface area contributed by atoms with Crippen LogP contribution in [0.4, 0.5) is 11.4 Å². The fraction of sp³-hybridized carbons (Fsp3) is 0.342. The molecular formula is C38H40Br2N4O9S. The van der Waals surface area contributed by atoms with Crippen LogP contribution in [0.2, 0.25) is 0 Å². The molecule has 5 aromatic rings. The van der Waals surface area contributed by atoms with E-state index in [1.54, 1.807) is 42.5 Å². The zero-order chi connectivity index (χ0) is 38.9. The zero-order valence-corrected chi connectivity index (χ0v) is 33.8. The normalized spacial score (nSPS) is 15.9. The van der Waals surface area contributed by atoms with E-state index in [1.165, 1.54) is 16.4 Å². The molecule has 0 atom stereocenters. The standard InChI is InChI=1S/C19H17BrN2O5S.C19H23BrN2O4/c20-18-14-12-17(19(23)24)27-16(14)7-6-15(18)21-8-10-22(11-9-21)28(25,26)13-4-2-1-3-5-13;1-19(2,3)21-17(23)11-6-8-22(9-7-11)13-4-5-14-12(16(13)20)10-15(26-14)18(24)25/h1-7,12H,8-11H2,(H,23,24);4-5,10-11H,6-9H2,1-3H3,(H,21,23)(H,24,25). The van der Waals surface area contributed by atoms with Crippen molar-refractivity contribution in [3.05, 3.63) is 87.2 Å². The van der Waals surface area contributed by atoms with Gasteiger partial charge >= 0.3 is 11.9 Å². The van der Waals surface area contributed by atoms with Gasteiger partial charge in [-0.2, -0.15) is 4.31 Å². The van der Waals surface area contributed by atoms with Crippen molar-refractivity contribution >= 4 is 93.0 Å². The molecule has 286 valence electrons. The minimum atomic E-state index is -3.50. The highest BCUT2D eigenvalue weighted by molar-refractivity contribution is 9.11. The van der Waals surface area contributed by atoms with Gasteiger partial charge in [0.25, 0.3) is 0 Å². The van der Waals surface area contributed by atoms with Crippen molar-refractivity contribution in [3.8, 4) is 0 Å². The highest BCUT2D eigenvalue weighted by Gasteiger charge is 2.31. The molecule has 0 spiro atoms. The summed E-state index contributed by atoms with van der Waals surface area (Å²) in [5, 5.41) is 22.7. The monoisotopic (exact) mass is 886 g/mol. The van der Waals surface area contributed by atoms with Gasteiger partial charge in [-0.25, -0.2) is 18.0 Å². The van der Waals surface area contributed by atoms with Crippen LogP contribution in [0.5, 0.6) is 0 Å². The summed E-state index contributed by atoms with van der Waals surface area (Å²) in [4.78, 5) is 39.2. The minimum absolute atomic E-state index is 0.0283. The van der Waals surface area contributed by atoms with Crippen molar-refractivity contribution in [1.29, 1.82) is 0 Å². The number of carboxylic acids is 2. The molecule has 2 aromatic heterocycles. The average molecular weight is 889 g/mol. The number of furan rings is 2. The number of hydrogen-bond acceptors (Lipinski definition) is 9. The highest BCUT2D eigenvalue weighted by Crippen LogP contribution is 2.38. The summed E-state index contributed by atoms with van der Waals surface area (Å²) in [7, 11) is -3.50. The first-order valence-corrected chi connectivity index (χ1v) is 20.3. The quantitative estimate of drug-likeness (QED) is 0.148. The number of sulfonamides is 1. The molecule has 2 aliphatic rings. The lowest BCUT2D eigenvalue weighted by molar-refractivity contribution is -0.127. The summed E-state index contributed by atoms with van der Waals surface area (Å²) in [6.07, 6.45) is 1.58. The van der Waals surface area contributed by atoms with E-state index in [-0.39, 0.29) is 28.9 Å². The van der Waals surface area contributed by atoms with Crippen molar-refractivity contribution in [2.24, 2.45) is 5.92 Å². The molecule has 3 aromatic carbocycles. The van der Waals surface area contributed by atoms with Crippen LogP contribution in [0, 0.1) is 5.92 Å². The summed E-state index contributed by atoms with van der Waals surface area (Å²) >= 11 is 7.13. The summed E-state index contributed by atoms with van der Waals surface area (Å²) in [6.45, 7) is 9.31. The number of piperidine rings is 1. The molecule has 0 aliphatic carbocycles. The molecular weight excluding hydrogens is 848 g/mol. The van der Waals surface area contributed by atoms with E-state index >= 15 is 0 Å². The molecule has 13 nitrogen and oxygen atoms in total. The van der Waals surface area contributed by atoms with E-state index in [2.05, 4.69) is 47.0 Å². The number of rotatable bonds is 7. The van der Waals surface area contributed by atoms with Crippen LogP contribution < -0.4 is 15.1 Å². The molecule has 1 amide bonds. The van der Waals surface area contributed by atoms with Crippen molar-refractivity contribution < 1.29 is 41.8 Å². The number of nitrogens with zero attached hydrogens (tertiary/aromatic N) is 3. The average Bonchev–Trinajstić information content (AvgIpc) is 3.79. The third-order valence-electron chi connectivity index (χ3n) is 9.32. The predicted molar refractivity (Wildman–Crippen MR) is 212 cm³/mol. The molecule has 4 heterocycles. The van der Waals surface area contributed by atoms with Crippen LogP contribution in [0.1, 0.15) is 54.7 Å². The highest BCUT2D eigenvalue weighted by atomic mass is 79.9. The number of halogens is 2. The zero-order valence-electron chi connectivity index (χ0n) is 29.8. The summed E-state index contributed by atoms with van der Waals surface area (Å²) in [5.74, 6) is -2.25. The molecule has 0 radical (unpaired) electrons. The number of carbonyl (C=O) groups excluding carboxylic acids is 1. The maximum absolute atomic E-state index is 12.8. The topological polar surface area (TPSA) is 174 Å². The third-order valence-corrected chi connectivity index (χ3v) is 12.9. The van der Waals surface area contributed by atoms with E-state index in [9.17, 15) is 22.8 Å². The van der Waals surface area contributed by atoms with Crippen LogP contribution in [0.3, 0.4) is 0 Å². The van der Waals surface area contributed by atoms with Crippen LogP contribution in [-0.4, -0.2) is 85.6 Å². The van der Waals surface area contributed by atoms with Gasteiger partial charge in [-0.05, 0) is 102 Å². The number of piperazine rings is 1. The number of fused-ring (bicyclic) bond motifs is 2. The fourth-order valence-electron chi connectivity index (χ4n) is 6.60. The van der Waals surface area contributed by atoms with Crippen molar-refractivity contribution in [3.63, 3.8) is 0 Å². The SMILES string of the molecule is CC(C)(C)NC(=O)C1CCN(c2ccc3oc(C(=O)O)cc3c2Br)CC1.O=C(O)c1cc2c(Br)c(N3CCN(S(=O)(=O)c4ccccc4)CC3)ccc2o1. The Morgan fingerprint density at radius 2 is 1.19 bits per heavy atom. The number of nitrogens with one attached hydrogen (secondary N) is 1. The molecule has 0 saturated carbocycles. The lowest BCUT2D eigenvalue weighted by Gasteiger charge is -2.35. The lowest BCUT2D eigenvalue weighted by Crippen LogP contribution is -2.48. The predicted octanol–water partition coefficient (Wildman–Crippen LogP) is 7.43. The van der Waals surface area contributed by atoms with E-state index in [0.29, 0.717) is 47.6 Å². The van der Waals surface area contributed by atoms with Gasteiger partial charge in [-0.3, -0.25) is 4.79 Å². The van der Waals surface area contributed by atoms with Gasteiger partial charge in [0.05, 0.1) is 25.2 Å². The molecule has 0 unspecified atom stereocenters. The number of carbonyl (C=O) groups is 3. The van der Waals surface area contributed by atoms with Gasteiger partial charge in [0.1, 0.15) is 11.2 Å². The number of anilines is 2. The Kier molecular flexibility index (Phi) is 11.5. The first-order chi connectivity index (χ1) is 25.5. The molecule has 7 rings (SSSR count). The second kappa shape index (κ2) is 15.8. The minimum Gasteiger partial charge on any atom is -0.475 e. The van der Waals surface area contributed by atoms with Crippen LogP contribution in [0.15, 0.2) is 89.4 Å². The van der Waals surface area contributed by atoms with Crippen molar-refractivity contribution in [2.75, 3.05) is 49.1 Å². The summed E-state index contributed by atoms with van der Waals surface area (Å²) in [6, 6.07) is 18.7. The van der Waals surface area contributed by atoms with Crippen molar-refractivity contribution in [1.82, 2.24) is 9.62 Å². The Balaban J connectivity index is 0.000000185. The van der Waals surface area contributed by atoms with Crippen molar-refractivity contribution in [2.45, 2.75) is 44.0 Å². The summed E-state index contributed by atoms with van der Waals surface area (Å²) in [5.41, 5.74) is 2.67. The number of benzene rings is 3. The van der Waals surface area contributed by atoms with Gasteiger partial charge in [0, 0.05) is 73.6 Å². The maximum atomic E-state index is 12.8. The van der Waals surface area contributed by atoms with E-state index in [1.807, 2.05) is 32.9 Å². The Labute approximate surface area is 329 Å². The molecule has 3 N–H and O–H groups in total. The Morgan fingerprint density at radius 3 is 1.63 bits per heavy atom. The number of amides is 1. The van der Waals surface area contributed by atoms with E-state index in [4.69, 9.17) is 19.0 Å². The molecule has 0 bridgehead atoms. The Bertz CT molecular complexity index is 2300. The second-order valence-electron chi connectivity index (χ2n) is 14.2. The number of hydrogen-bond donors (Lipinski definition) is 3. The molecule has 2 fully saturated rings. The smallest absolute Gasteiger partial charge is 0.371 e. The fourth-order valence-corrected chi connectivity index (χ4v) is 9.43. The van der Waals surface area contributed by atoms with Gasteiger partial charge < -0.3 is 34.2 Å². The molecule has 2 aliphatic heterocycles. The Morgan fingerprint density at radius 1 is 0.722 bits per heavy atom. The van der Waals surface area contributed by atoms with Gasteiger partial charge in [-0.15, -0.1) is 0 Å². The Hall–Kier alpha value is -4.38. The second-order valence-corrected chi connectivity index (χ2v) is 17.7. The number of carboxylic acid groups (broad SMARTS) is 2. The largest absolute Gasteiger partial charge is 0.475 e. The lowest BCUT2D eigenvalue weighted by atomic mass is 9.94. The van der Waals surface area contributed by atoms with E-state index < -0.39 is 22.0 Å². The number of aromatic carboxylic acids is 2.